The number of fused-ring (bicyclic) bond motifs is 1. The zero-order valence-electron chi connectivity index (χ0n) is 14.6. The summed E-state index contributed by atoms with van der Waals surface area (Å²) in [5, 5.41) is 0. The van der Waals surface area contributed by atoms with Gasteiger partial charge in [0.2, 0.25) is 0 Å². The Morgan fingerprint density at radius 2 is 2.20 bits per heavy atom. The van der Waals surface area contributed by atoms with Crippen LogP contribution in [0, 0.1) is 0 Å². The molecule has 0 spiro atoms. The molecule has 1 saturated carbocycles. The number of carbonyl (C=O) groups is 1. The molecule has 0 unspecified atom stereocenters. The molecule has 132 valence electrons. The maximum atomic E-state index is 12.7. The van der Waals surface area contributed by atoms with Crippen molar-refractivity contribution in [2.45, 2.75) is 51.2 Å². The minimum atomic E-state index is -0.0109. The lowest BCUT2D eigenvalue weighted by Crippen LogP contribution is -2.38. The molecule has 2 aromatic rings. The lowest BCUT2D eigenvalue weighted by molar-refractivity contribution is 0.0661. The molecular weight excluding hydrogens is 316 g/mol. The summed E-state index contributed by atoms with van der Waals surface area (Å²) in [5.74, 6) is 1.22. The quantitative estimate of drug-likeness (QED) is 0.926. The third kappa shape index (κ3) is 3.34. The molecule has 25 heavy (non-hydrogen) atoms. The minimum Gasteiger partial charge on any atom is -0.454 e. The number of rotatable bonds is 4. The van der Waals surface area contributed by atoms with Crippen LogP contribution < -0.4 is 0 Å². The Balaban J connectivity index is 1.39. The maximum Gasteiger partial charge on any atom is 0.289 e. The average molecular weight is 340 g/mol. The van der Waals surface area contributed by atoms with E-state index in [9.17, 15) is 4.79 Å². The van der Waals surface area contributed by atoms with E-state index < -0.39 is 0 Å². The van der Waals surface area contributed by atoms with E-state index in [1.54, 1.807) is 12.4 Å². The first-order chi connectivity index (χ1) is 12.2. The molecule has 0 saturated heterocycles. The average Bonchev–Trinajstić information content (AvgIpc) is 3.30. The highest BCUT2D eigenvalue weighted by molar-refractivity contribution is 5.91. The Kier molecular flexibility index (Phi) is 4.34. The van der Waals surface area contributed by atoms with Gasteiger partial charge in [-0.25, -0.2) is 4.98 Å². The van der Waals surface area contributed by atoms with E-state index >= 15 is 0 Å². The maximum absolute atomic E-state index is 12.7. The molecule has 4 rings (SSSR count). The molecule has 0 aromatic carbocycles. The molecule has 6 nitrogen and oxygen atoms in total. The van der Waals surface area contributed by atoms with Crippen LogP contribution in [0.1, 0.15) is 59.8 Å². The second-order valence-electron chi connectivity index (χ2n) is 6.96. The van der Waals surface area contributed by atoms with Gasteiger partial charge in [0, 0.05) is 19.3 Å². The van der Waals surface area contributed by atoms with Crippen molar-refractivity contribution in [1.29, 1.82) is 0 Å². The van der Waals surface area contributed by atoms with Crippen LogP contribution >= 0.6 is 0 Å². The molecule has 6 heteroatoms. The molecule has 1 fully saturated rings. The lowest BCUT2D eigenvalue weighted by Gasteiger charge is -2.30. The summed E-state index contributed by atoms with van der Waals surface area (Å²) >= 11 is 0. The van der Waals surface area contributed by atoms with Crippen molar-refractivity contribution < 1.29 is 9.21 Å². The Morgan fingerprint density at radius 1 is 1.36 bits per heavy atom. The van der Waals surface area contributed by atoms with Crippen molar-refractivity contribution in [3.05, 3.63) is 47.6 Å². The van der Waals surface area contributed by atoms with E-state index in [4.69, 9.17) is 4.42 Å². The van der Waals surface area contributed by atoms with Gasteiger partial charge < -0.3 is 19.2 Å². The molecule has 0 atom stereocenters. The van der Waals surface area contributed by atoms with Gasteiger partial charge in [-0.3, -0.25) is 4.79 Å². The first kappa shape index (κ1) is 16.0. The number of aromatic nitrogens is 2. The summed E-state index contributed by atoms with van der Waals surface area (Å²) in [4.78, 5) is 24.1. The molecule has 2 aliphatic rings. The zero-order chi connectivity index (χ0) is 17.2. The van der Waals surface area contributed by atoms with Crippen LogP contribution in [-0.2, 0) is 13.1 Å². The zero-order valence-corrected chi connectivity index (χ0v) is 14.6. The lowest BCUT2D eigenvalue weighted by atomic mass is 9.94. The Bertz CT molecular complexity index is 770. The van der Waals surface area contributed by atoms with Crippen molar-refractivity contribution in [3.63, 3.8) is 0 Å². The molecule has 1 aliphatic carbocycles. The number of H-pyrrole nitrogens is 1. The van der Waals surface area contributed by atoms with Crippen molar-refractivity contribution in [3.8, 4) is 0 Å². The van der Waals surface area contributed by atoms with Crippen molar-refractivity contribution in [1.82, 2.24) is 19.8 Å². The highest BCUT2D eigenvalue weighted by Gasteiger charge is 2.25. The number of aromatic amines is 1. The number of hydrogen-bond acceptors (Lipinski definition) is 4. The van der Waals surface area contributed by atoms with Crippen LogP contribution in [-0.4, -0.2) is 38.8 Å². The summed E-state index contributed by atoms with van der Waals surface area (Å²) in [6.45, 7) is 1.40. The number of hydrogen-bond donors (Lipinski definition) is 1. The van der Waals surface area contributed by atoms with E-state index in [0.717, 1.165) is 36.5 Å². The molecule has 0 radical (unpaired) electrons. The number of amides is 1. The molecule has 1 aliphatic heterocycles. The van der Waals surface area contributed by atoms with Gasteiger partial charge in [-0.1, -0.05) is 19.3 Å². The molecule has 3 heterocycles. The summed E-state index contributed by atoms with van der Waals surface area (Å²) < 4.78 is 5.84. The summed E-state index contributed by atoms with van der Waals surface area (Å²) in [6.07, 6.45) is 11.6. The largest absolute Gasteiger partial charge is 0.454 e. The van der Waals surface area contributed by atoms with E-state index in [2.05, 4.69) is 14.9 Å². The van der Waals surface area contributed by atoms with Gasteiger partial charge in [0.15, 0.2) is 5.76 Å². The molecular formula is C19H24N4O2. The molecule has 1 amide bonds. The predicted molar refractivity (Wildman–Crippen MR) is 94.5 cm³/mol. The normalized spacial score (nSPS) is 17.6. The van der Waals surface area contributed by atoms with E-state index in [0.29, 0.717) is 18.3 Å². The van der Waals surface area contributed by atoms with Gasteiger partial charge in [-0.05, 0) is 31.1 Å². The highest BCUT2D eigenvalue weighted by atomic mass is 16.4. The number of furan rings is 1. The minimum absolute atomic E-state index is 0.0109. The number of nitrogens with one attached hydrogen (secondary N) is 1. The van der Waals surface area contributed by atoms with Crippen LogP contribution in [0.15, 0.2) is 29.1 Å². The van der Waals surface area contributed by atoms with E-state index in [1.807, 2.05) is 30.3 Å². The number of nitrogens with zero attached hydrogens (tertiary/aromatic N) is 3. The molecule has 0 bridgehead atoms. The van der Waals surface area contributed by atoms with E-state index in [-0.39, 0.29) is 5.91 Å². The van der Waals surface area contributed by atoms with Gasteiger partial charge in [0.1, 0.15) is 5.76 Å². The van der Waals surface area contributed by atoms with Gasteiger partial charge >= 0.3 is 0 Å². The second kappa shape index (κ2) is 6.78. The summed E-state index contributed by atoms with van der Waals surface area (Å²) in [5.41, 5.74) is 2.09. The smallest absolute Gasteiger partial charge is 0.289 e. The Hall–Kier alpha value is -2.50. The topological polar surface area (TPSA) is 65.4 Å². The highest BCUT2D eigenvalue weighted by Crippen LogP contribution is 2.24. The predicted octanol–water partition coefficient (Wildman–Crippen LogP) is 3.39. The first-order valence-electron chi connectivity index (χ1n) is 9.01. The van der Waals surface area contributed by atoms with Gasteiger partial charge in [-0.15, -0.1) is 0 Å². The Morgan fingerprint density at radius 3 is 3.04 bits per heavy atom. The Labute approximate surface area is 147 Å². The fraction of sp³-hybridized carbons (Fsp3) is 0.474. The second-order valence-corrected chi connectivity index (χ2v) is 6.96. The van der Waals surface area contributed by atoms with Crippen molar-refractivity contribution in [2.24, 2.45) is 0 Å². The fourth-order valence-electron chi connectivity index (χ4n) is 3.73. The third-order valence-corrected chi connectivity index (χ3v) is 5.23. The standard InChI is InChI=1S/C19H24N4O2/c1-22(14-5-3-2-4-6-14)19(24)18-8-7-15(25-18)11-23-10-9-16-17(12-23)21-13-20-16/h7-10,13-14H,2-6,11-12H2,1H3,(H,20,21). The first-order valence-corrected chi connectivity index (χ1v) is 9.01. The van der Waals surface area contributed by atoms with Crippen molar-refractivity contribution in [2.75, 3.05) is 7.05 Å². The van der Waals surface area contributed by atoms with E-state index in [1.165, 1.54) is 19.3 Å². The molecule has 1 N–H and O–H groups in total. The van der Waals surface area contributed by atoms with Crippen molar-refractivity contribution >= 4 is 12.0 Å². The summed E-state index contributed by atoms with van der Waals surface area (Å²) in [6, 6.07) is 4.04. The fourth-order valence-corrected chi connectivity index (χ4v) is 3.73. The summed E-state index contributed by atoms with van der Waals surface area (Å²) in [7, 11) is 1.90. The van der Waals surface area contributed by atoms with Gasteiger partial charge in [-0.2, -0.15) is 0 Å². The van der Waals surface area contributed by atoms with Crippen LogP contribution in [0.2, 0.25) is 0 Å². The van der Waals surface area contributed by atoms with Crippen LogP contribution in [0.25, 0.3) is 6.08 Å². The van der Waals surface area contributed by atoms with Crippen LogP contribution in [0.4, 0.5) is 0 Å². The monoisotopic (exact) mass is 340 g/mol. The van der Waals surface area contributed by atoms with Crippen LogP contribution in [0.3, 0.4) is 0 Å². The number of carbonyl (C=O) groups excluding carboxylic acids is 1. The molecule has 2 aromatic heterocycles. The van der Waals surface area contributed by atoms with Gasteiger partial charge in [0.05, 0.1) is 30.8 Å². The SMILES string of the molecule is CN(C(=O)c1ccc(CN2C=Cc3nc[nH]c3C2)o1)C1CCCCC1. The number of imidazole rings is 1. The van der Waals surface area contributed by atoms with Gasteiger partial charge in [0.25, 0.3) is 5.91 Å². The third-order valence-electron chi connectivity index (χ3n) is 5.23. The van der Waals surface area contributed by atoms with Crippen LogP contribution in [0.5, 0.6) is 0 Å².